The van der Waals surface area contributed by atoms with Crippen LogP contribution in [-0.4, -0.2) is 43.1 Å². The first-order valence-corrected chi connectivity index (χ1v) is 16.3. The second kappa shape index (κ2) is 19.1. The van der Waals surface area contributed by atoms with Crippen LogP contribution in [0.3, 0.4) is 0 Å². The average Bonchev–Trinajstić information content (AvgIpc) is 3.04. The number of benzene rings is 3. The molecule has 238 valence electrons. The van der Waals surface area contributed by atoms with Crippen LogP contribution < -0.4 is 9.47 Å². The Hall–Kier alpha value is -4.43. The van der Waals surface area contributed by atoms with E-state index in [1.165, 1.54) is 5.37 Å². The number of aryl methyl sites for hydroxylation is 1. The third-order valence-electron chi connectivity index (χ3n) is 7.25. The first-order valence-electron chi connectivity index (χ1n) is 15.1. The smallest absolute Gasteiger partial charge is 0.303 e. The van der Waals surface area contributed by atoms with Crippen molar-refractivity contribution in [1.29, 1.82) is 0 Å². The molecule has 0 saturated heterocycles. The molecule has 45 heavy (non-hydrogen) atoms. The SMILES string of the molecule is C.O=C(O)CCc1c(CCCCCCOc2cc(-c3ccccc3)cc(-c3ccccc3)n2)cccc1OCCCC=S(=O)=O. The number of hydrogen-bond donors (Lipinski definition) is 1. The molecule has 7 nitrogen and oxygen atoms in total. The van der Waals surface area contributed by atoms with E-state index >= 15 is 0 Å². The van der Waals surface area contributed by atoms with Gasteiger partial charge in [-0.2, -0.15) is 8.42 Å². The summed E-state index contributed by atoms with van der Waals surface area (Å²) in [5.74, 6) is 0.447. The first-order chi connectivity index (χ1) is 21.5. The van der Waals surface area contributed by atoms with Crippen molar-refractivity contribution in [2.24, 2.45) is 0 Å². The van der Waals surface area contributed by atoms with Crippen LogP contribution in [0.15, 0.2) is 91.0 Å². The molecule has 3 aromatic carbocycles. The summed E-state index contributed by atoms with van der Waals surface area (Å²) in [7, 11) is -2.17. The molecule has 0 aliphatic heterocycles. The molecule has 0 atom stereocenters. The lowest BCUT2D eigenvalue weighted by Crippen LogP contribution is -2.06. The zero-order chi connectivity index (χ0) is 31.0. The Kier molecular flexibility index (Phi) is 14.8. The van der Waals surface area contributed by atoms with Crippen molar-refractivity contribution in [2.75, 3.05) is 13.2 Å². The molecule has 0 aliphatic carbocycles. The van der Waals surface area contributed by atoms with Crippen LogP contribution in [0.4, 0.5) is 0 Å². The number of carboxylic acids is 1. The van der Waals surface area contributed by atoms with Gasteiger partial charge in [0.15, 0.2) is 0 Å². The van der Waals surface area contributed by atoms with Gasteiger partial charge in [0.25, 0.3) is 0 Å². The molecule has 1 aromatic heterocycles. The Morgan fingerprint density at radius 1 is 0.733 bits per heavy atom. The number of rotatable bonds is 18. The second-order valence-corrected chi connectivity index (χ2v) is 11.4. The number of aliphatic carboxylic acids is 1. The van der Waals surface area contributed by atoms with Gasteiger partial charge in [-0.1, -0.05) is 93.1 Å². The van der Waals surface area contributed by atoms with Gasteiger partial charge in [-0.05, 0) is 72.9 Å². The van der Waals surface area contributed by atoms with Crippen molar-refractivity contribution in [3.63, 3.8) is 0 Å². The number of nitrogens with zero attached hydrogens (tertiary/aromatic N) is 1. The van der Waals surface area contributed by atoms with E-state index in [1.807, 2.05) is 60.7 Å². The number of hydrogen-bond acceptors (Lipinski definition) is 6. The summed E-state index contributed by atoms with van der Waals surface area (Å²) in [4.78, 5) is 16.1. The van der Waals surface area contributed by atoms with Crippen LogP contribution in [0.2, 0.25) is 0 Å². The Balaban J connectivity index is 0.00000552. The van der Waals surface area contributed by atoms with Crippen LogP contribution in [0.25, 0.3) is 22.4 Å². The normalized spacial score (nSPS) is 10.5. The molecule has 4 aromatic rings. The molecule has 0 saturated carbocycles. The van der Waals surface area contributed by atoms with Crippen molar-refractivity contribution in [2.45, 2.75) is 65.2 Å². The van der Waals surface area contributed by atoms with Gasteiger partial charge in [0, 0.05) is 23.4 Å². The molecule has 8 heteroatoms. The predicted octanol–water partition coefficient (Wildman–Crippen LogP) is 8.09. The number of carboxylic acid groups (broad SMARTS) is 1. The van der Waals surface area contributed by atoms with E-state index < -0.39 is 16.3 Å². The number of carbonyl (C=O) groups is 1. The third kappa shape index (κ3) is 11.9. The van der Waals surface area contributed by atoms with Crippen molar-refractivity contribution in [3.8, 4) is 34.0 Å². The van der Waals surface area contributed by atoms with Gasteiger partial charge in [0.1, 0.15) is 5.75 Å². The van der Waals surface area contributed by atoms with Gasteiger partial charge in [-0.25, -0.2) is 4.98 Å². The molecule has 0 spiro atoms. The molecule has 4 rings (SSSR count). The quantitative estimate of drug-likeness (QED) is 0.0876. The van der Waals surface area contributed by atoms with Crippen LogP contribution in [-0.2, 0) is 27.9 Å². The van der Waals surface area contributed by atoms with E-state index in [-0.39, 0.29) is 13.8 Å². The van der Waals surface area contributed by atoms with Crippen molar-refractivity contribution in [3.05, 3.63) is 102 Å². The summed E-state index contributed by atoms with van der Waals surface area (Å²) in [5.41, 5.74) is 6.13. The highest BCUT2D eigenvalue weighted by Crippen LogP contribution is 2.29. The maximum absolute atomic E-state index is 11.3. The van der Waals surface area contributed by atoms with Crippen LogP contribution in [0, 0.1) is 0 Å². The Labute approximate surface area is 268 Å². The minimum Gasteiger partial charge on any atom is -0.493 e. The zero-order valence-electron chi connectivity index (χ0n) is 24.9. The third-order valence-corrected chi connectivity index (χ3v) is 7.76. The topological polar surface area (TPSA) is 103 Å². The molecular weight excluding hydrogens is 586 g/mol. The number of ether oxygens (including phenoxy) is 2. The molecule has 0 radical (unpaired) electrons. The van der Waals surface area contributed by atoms with Crippen molar-refractivity contribution < 1.29 is 27.8 Å². The predicted molar refractivity (Wildman–Crippen MR) is 182 cm³/mol. The van der Waals surface area contributed by atoms with Crippen molar-refractivity contribution in [1.82, 2.24) is 4.98 Å². The molecule has 0 amide bonds. The number of aromatic nitrogens is 1. The summed E-state index contributed by atoms with van der Waals surface area (Å²) < 4.78 is 33.4. The zero-order valence-corrected chi connectivity index (χ0v) is 25.7. The average molecular weight is 630 g/mol. The van der Waals surface area contributed by atoms with Gasteiger partial charge in [0.2, 0.25) is 16.2 Å². The van der Waals surface area contributed by atoms with Crippen molar-refractivity contribution >= 4 is 21.6 Å². The minimum atomic E-state index is -2.17. The van der Waals surface area contributed by atoms with E-state index in [4.69, 9.17) is 14.5 Å². The highest BCUT2D eigenvalue weighted by atomic mass is 32.2. The Morgan fingerprint density at radius 2 is 1.42 bits per heavy atom. The highest BCUT2D eigenvalue weighted by molar-refractivity contribution is 7.71. The summed E-state index contributed by atoms with van der Waals surface area (Å²) in [6, 6.07) is 30.3. The lowest BCUT2D eigenvalue weighted by molar-refractivity contribution is -0.136. The lowest BCUT2D eigenvalue weighted by Gasteiger charge is -2.15. The van der Waals surface area contributed by atoms with E-state index in [1.54, 1.807) is 0 Å². The highest BCUT2D eigenvalue weighted by Gasteiger charge is 2.12. The van der Waals surface area contributed by atoms with E-state index in [0.29, 0.717) is 44.1 Å². The molecular formula is C37H43NO6S. The van der Waals surface area contributed by atoms with Gasteiger partial charge < -0.3 is 14.6 Å². The van der Waals surface area contributed by atoms with E-state index in [0.717, 1.165) is 65.6 Å². The molecule has 0 unspecified atom stereocenters. The van der Waals surface area contributed by atoms with Crippen LogP contribution in [0.1, 0.15) is 63.5 Å². The number of unbranched alkanes of at least 4 members (excludes halogenated alkanes) is 4. The maximum atomic E-state index is 11.3. The van der Waals surface area contributed by atoms with Gasteiger partial charge in [0.05, 0.1) is 18.9 Å². The first kappa shape index (κ1) is 35.1. The molecule has 1 heterocycles. The minimum absolute atomic E-state index is 0. The summed E-state index contributed by atoms with van der Waals surface area (Å²) in [5, 5.41) is 10.5. The standard InChI is InChI=1S/C36H39NO6S.CH4/c38-36(39)22-21-32-29(19-13-20-34(32)42-23-11-12-25-44(40)41)16-5-1-2-10-24-43-35-27-31(28-14-6-3-7-15-28)26-33(37-35)30-17-8-4-9-18-30;/h3-4,6-9,13-15,17-20,25-27H,1-2,5,10-12,16,21-24H2,(H,38,39);1H4. The fourth-order valence-electron chi connectivity index (χ4n) is 5.02. The second-order valence-electron chi connectivity index (χ2n) is 10.5. The fourth-order valence-corrected chi connectivity index (χ4v) is 5.38. The Bertz CT molecular complexity index is 1560. The monoisotopic (exact) mass is 629 g/mol. The van der Waals surface area contributed by atoms with Crippen LogP contribution >= 0.6 is 0 Å². The van der Waals surface area contributed by atoms with E-state index in [9.17, 15) is 18.3 Å². The van der Waals surface area contributed by atoms with Gasteiger partial charge >= 0.3 is 5.97 Å². The summed E-state index contributed by atoms with van der Waals surface area (Å²) >= 11 is 0. The Morgan fingerprint density at radius 3 is 2.13 bits per heavy atom. The van der Waals surface area contributed by atoms with E-state index in [2.05, 4.69) is 30.3 Å². The van der Waals surface area contributed by atoms with Gasteiger partial charge in [-0.3, -0.25) is 4.79 Å². The maximum Gasteiger partial charge on any atom is 0.303 e. The fraction of sp³-hybridized carbons (Fsp3) is 0.324. The molecule has 1 N–H and O–H groups in total. The summed E-state index contributed by atoms with van der Waals surface area (Å²) in [6.45, 7) is 0.942. The lowest BCUT2D eigenvalue weighted by atomic mass is 9.97. The number of pyridine rings is 1. The van der Waals surface area contributed by atoms with Gasteiger partial charge in [-0.15, -0.1) is 0 Å². The van der Waals surface area contributed by atoms with Crippen LogP contribution in [0.5, 0.6) is 11.6 Å². The largest absolute Gasteiger partial charge is 0.493 e. The molecule has 0 fully saturated rings. The summed E-state index contributed by atoms with van der Waals surface area (Å²) in [6.07, 6.45) is 6.11. The molecule has 0 aliphatic rings. The molecule has 0 bridgehead atoms.